The molecular formula is C20H22N2O3. The molecule has 1 amide bonds. The zero-order valence-corrected chi connectivity index (χ0v) is 14.3. The van der Waals surface area contributed by atoms with E-state index in [2.05, 4.69) is 5.32 Å². The van der Waals surface area contributed by atoms with Crippen LogP contribution in [-0.2, 0) is 6.54 Å². The summed E-state index contributed by atoms with van der Waals surface area (Å²) in [4.78, 5) is 25.4. The summed E-state index contributed by atoms with van der Waals surface area (Å²) in [7, 11) is 0. The van der Waals surface area contributed by atoms with E-state index in [1.54, 1.807) is 24.3 Å². The van der Waals surface area contributed by atoms with Crippen LogP contribution in [0.4, 0.5) is 5.69 Å². The van der Waals surface area contributed by atoms with Crippen molar-refractivity contribution in [3.8, 4) is 0 Å². The van der Waals surface area contributed by atoms with E-state index in [0.717, 1.165) is 48.3 Å². The number of amides is 1. The van der Waals surface area contributed by atoms with Crippen molar-refractivity contribution in [3.05, 3.63) is 64.7 Å². The van der Waals surface area contributed by atoms with Crippen LogP contribution < -0.4 is 5.32 Å². The first-order valence-corrected chi connectivity index (χ1v) is 8.51. The van der Waals surface area contributed by atoms with E-state index in [1.165, 1.54) is 0 Å². The molecule has 1 saturated heterocycles. The summed E-state index contributed by atoms with van der Waals surface area (Å²) < 4.78 is 0. The molecule has 0 radical (unpaired) electrons. The number of nitrogens with one attached hydrogen (secondary N) is 1. The van der Waals surface area contributed by atoms with Crippen LogP contribution in [0.5, 0.6) is 0 Å². The van der Waals surface area contributed by atoms with Crippen LogP contribution in [0.25, 0.3) is 0 Å². The standard InChI is InChI=1S/C20H22N2O3/c1-14-17(19(23)22-11-2-3-12-22)5-4-6-18(14)21-13-15-7-9-16(10-8-15)20(24)25/h4-10,21H,2-3,11-13H2,1H3,(H,24,25). The first-order chi connectivity index (χ1) is 12.1. The Labute approximate surface area is 147 Å². The second-order valence-electron chi connectivity index (χ2n) is 6.33. The van der Waals surface area contributed by atoms with E-state index in [4.69, 9.17) is 5.11 Å². The zero-order chi connectivity index (χ0) is 17.8. The van der Waals surface area contributed by atoms with Crippen LogP contribution in [0.1, 0.15) is 44.7 Å². The minimum Gasteiger partial charge on any atom is -0.478 e. The molecule has 5 nitrogen and oxygen atoms in total. The van der Waals surface area contributed by atoms with E-state index in [0.29, 0.717) is 6.54 Å². The molecule has 0 spiro atoms. The van der Waals surface area contributed by atoms with Crippen molar-refractivity contribution in [2.24, 2.45) is 0 Å². The predicted molar refractivity (Wildman–Crippen MR) is 97.0 cm³/mol. The molecule has 0 aromatic heterocycles. The Kier molecular flexibility index (Phi) is 5.03. The number of anilines is 1. The number of likely N-dealkylation sites (tertiary alicyclic amines) is 1. The maximum absolute atomic E-state index is 12.6. The monoisotopic (exact) mass is 338 g/mol. The van der Waals surface area contributed by atoms with E-state index in [1.807, 2.05) is 30.0 Å². The summed E-state index contributed by atoms with van der Waals surface area (Å²) in [6.07, 6.45) is 2.16. The van der Waals surface area contributed by atoms with Gasteiger partial charge in [0.25, 0.3) is 5.91 Å². The fraction of sp³-hybridized carbons (Fsp3) is 0.300. The molecule has 0 saturated carbocycles. The summed E-state index contributed by atoms with van der Waals surface area (Å²) in [5, 5.41) is 12.3. The lowest BCUT2D eigenvalue weighted by molar-refractivity contribution is 0.0696. The van der Waals surface area contributed by atoms with Gasteiger partial charge in [0.15, 0.2) is 0 Å². The molecule has 3 rings (SSSR count). The maximum Gasteiger partial charge on any atom is 0.335 e. The fourth-order valence-electron chi connectivity index (χ4n) is 3.11. The zero-order valence-electron chi connectivity index (χ0n) is 14.3. The number of hydrogen-bond donors (Lipinski definition) is 2. The molecule has 0 atom stereocenters. The minimum absolute atomic E-state index is 0.101. The molecule has 1 aliphatic heterocycles. The van der Waals surface area contributed by atoms with Crippen molar-refractivity contribution in [1.29, 1.82) is 0 Å². The number of rotatable bonds is 5. The van der Waals surface area contributed by atoms with Gasteiger partial charge in [-0.15, -0.1) is 0 Å². The number of carbonyl (C=O) groups excluding carboxylic acids is 1. The summed E-state index contributed by atoms with van der Waals surface area (Å²) in [5.74, 6) is -0.826. The van der Waals surface area contributed by atoms with Crippen molar-refractivity contribution >= 4 is 17.6 Å². The lowest BCUT2D eigenvalue weighted by atomic mass is 10.0. The highest BCUT2D eigenvalue weighted by molar-refractivity contribution is 5.97. The SMILES string of the molecule is Cc1c(NCc2ccc(C(=O)O)cc2)cccc1C(=O)N1CCCC1. The smallest absolute Gasteiger partial charge is 0.335 e. The Hall–Kier alpha value is -2.82. The van der Waals surface area contributed by atoms with Gasteiger partial charge in [-0.2, -0.15) is 0 Å². The van der Waals surface area contributed by atoms with Gasteiger partial charge in [0.1, 0.15) is 0 Å². The van der Waals surface area contributed by atoms with E-state index in [9.17, 15) is 9.59 Å². The summed E-state index contributed by atoms with van der Waals surface area (Å²) in [6.45, 7) is 4.21. The van der Waals surface area contributed by atoms with Gasteiger partial charge in [-0.1, -0.05) is 18.2 Å². The Morgan fingerprint density at radius 1 is 1.08 bits per heavy atom. The number of carbonyl (C=O) groups is 2. The van der Waals surface area contributed by atoms with Gasteiger partial charge in [0.05, 0.1) is 5.56 Å². The lowest BCUT2D eigenvalue weighted by Gasteiger charge is -2.18. The molecule has 0 aliphatic carbocycles. The second-order valence-corrected chi connectivity index (χ2v) is 6.33. The van der Waals surface area contributed by atoms with Gasteiger partial charge in [-0.25, -0.2) is 4.79 Å². The molecule has 0 bridgehead atoms. The molecular weight excluding hydrogens is 316 g/mol. The van der Waals surface area contributed by atoms with Gasteiger partial charge in [-0.05, 0) is 55.2 Å². The Balaban J connectivity index is 1.71. The average molecular weight is 338 g/mol. The van der Waals surface area contributed by atoms with E-state index < -0.39 is 5.97 Å². The quantitative estimate of drug-likeness (QED) is 0.875. The van der Waals surface area contributed by atoms with Crippen LogP contribution in [-0.4, -0.2) is 35.0 Å². The molecule has 5 heteroatoms. The van der Waals surface area contributed by atoms with Gasteiger partial charge in [0, 0.05) is 30.9 Å². The summed E-state index contributed by atoms with van der Waals surface area (Å²) >= 11 is 0. The van der Waals surface area contributed by atoms with Crippen molar-refractivity contribution in [2.45, 2.75) is 26.3 Å². The largest absolute Gasteiger partial charge is 0.478 e. The van der Waals surface area contributed by atoms with Gasteiger partial charge in [-0.3, -0.25) is 4.79 Å². The number of benzene rings is 2. The van der Waals surface area contributed by atoms with Crippen LogP contribution in [0, 0.1) is 6.92 Å². The first-order valence-electron chi connectivity index (χ1n) is 8.51. The third kappa shape index (κ3) is 3.82. The van der Waals surface area contributed by atoms with Crippen LogP contribution >= 0.6 is 0 Å². The highest BCUT2D eigenvalue weighted by Gasteiger charge is 2.21. The number of carboxylic acid groups (broad SMARTS) is 1. The Morgan fingerprint density at radius 2 is 1.76 bits per heavy atom. The second kappa shape index (κ2) is 7.38. The third-order valence-electron chi connectivity index (χ3n) is 4.64. The molecule has 2 aromatic carbocycles. The van der Waals surface area contributed by atoms with E-state index in [-0.39, 0.29) is 11.5 Å². The molecule has 25 heavy (non-hydrogen) atoms. The molecule has 2 aromatic rings. The van der Waals surface area contributed by atoms with Gasteiger partial charge < -0.3 is 15.3 Å². The lowest BCUT2D eigenvalue weighted by Crippen LogP contribution is -2.28. The van der Waals surface area contributed by atoms with Crippen molar-refractivity contribution in [3.63, 3.8) is 0 Å². The van der Waals surface area contributed by atoms with Crippen LogP contribution in [0.3, 0.4) is 0 Å². The summed E-state index contributed by atoms with van der Waals surface area (Å²) in [6, 6.07) is 12.5. The number of carboxylic acids is 1. The van der Waals surface area contributed by atoms with Crippen molar-refractivity contribution < 1.29 is 14.7 Å². The molecule has 130 valence electrons. The fourth-order valence-corrected chi connectivity index (χ4v) is 3.11. The molecule has 1 fully saturated rings. The molecule has 1 heterocycles. The van der Waals surface area contributed by atoms with Crippen LogP contribution in [0.15, 0.2) is 42.5 Å². The molecule has 1 aliphatic rings. The first kappa shape index (κ1) is 17.0. The minimum atomic E-state index is -0.927. The number of hydrogen-bond acceptors (Lipinski definition) is 3. The highest BCUT2D eigenvalue weighted by Crippen LogP contribution is 2.22. The highest BCUT2D eigenvalue weighted by atomic mass is 16.4. The normalized spacial score (nSPS) is 13.7. The van der Waals surface area contributed by atoms with E-state index >= 15 is 0 Å². The Morgan fingerprint density at radius 3 is 2.40 bits per heavy atom. The maximum atomic E-state index is 12.6. The molecule has 0 unspecified atom stereocenters. The van der Waals surface area contributed by atoms with Gasteiger partial charge in [0.2, 0.25) is 0 Å². The van der Waals surface area contributed by atoms with Crippen LogP contribution in [0.2, 0.25) is 0 Å². The van der Waals surface area contributed by atoms with Crippen molar-refractivity contribution in [2.75, 3.05) is 18.4 Å². The van der Waals surface area contributed by atoms with Gasteiger partial charge >= 0.3 is 5.97 Å². The third-order valence-corrected chi connectivity index (χ3v) is 4.64. The Bertz CT molecular complexity index is 778. The topological polar surface area (TPSA) is 69.6 Å². The van der Waals surface area contributed by atoms with Crippen molar-refractivity contribution in [1.82, 2.24) is 4.90 Å². The number of aromatic carboxylic acids is 1. The predicted octanol–water partition coefficient (Wildman–Crippen LogP) is 3.54. The average Bonchev–Trinajstić information content (AvgIpc) is 3.15. The molecule has 2 N–H and O–H groups in total. The number of nitrogens with zero attached hydrogens (tertiary/aromatic N) is 1. The summed E-state index contributed by atoms with van der Waals surface area (Å²) in [5.41, 5.74) is 3.88.